The van der Waals surface area contributed by atoms with Gasteiger partial charge in [0, 0.05) is 44.3 Å². The summed E-state index contributed by atoms with van der Waals surface area (Å²) in [6, 6.07) is 2.18. The van der Waals surface area contributed by atoms with Gasteiger partial charge in [0.1, 0.15) is 12.4 Å². The normalized spacial score (nSPS) is 18.9. The summed E-state index contributed by atoms with van der Waals surface area (Å²) in [7, 11) is 0. The minimum absolute atomic E-state index is 0.140. The largest absolute Gasteiger partial charge is 0.339 e. The van der Waals surface area contributed by atoms with Gasteiger partial charge in [0.05, 0.1) is 6.04 Å². The highest BCUT2D eigenvalue weighted by molar-refractivity contribution is 5.76. The summed E-state index contributed by atoms with van der Waals surface area (Å²) in [5, 5.41) is 4.10. The lowest BCUT2D eigenvalue weighted by Gasteiger charge is -2.34. The van der Waals surface area contributed by atoms with Gasteiger partial charge in [-0.25, -0.2) is 4.98 Å². The topological polar surface area (TPSA) is 56.0 Å². The maximum absolute atomic E-state index is 12.4. The maximum Gasteiger partial charge on any atom is 0.244 e. The number of aryl methyl sites for hydroxylation is 1. The lowest BCUT2D eigenvalue weighted by atomic mass is 10.1. The van der Waals surface area contributed by atoms with Crippen LogP contribution < -0.4 is 0 Å². The second-order valence-corrected chi connectivity index (χ2v) is 5.44. The average molecular weight is 287 g/mol. The van der Waals surface area contributed by atoms with E-state index in [-0.39, 0.29) is 5.91 Å². The van der Waals surface area contributed by atoms with E-state index in [1.165, 1.54) is 0 Å². The van der Waals surface area contributed by atoms with E-state index >= 15 is 0 Å². The molecule has 0 bridgehead atoms. The van der Waals surface area contributed by atoms with E-state index < -0.39 is 0 Å². The number of amides is 1. The summed E-state index contributed by atoms with van der Waals surface area (Å²) < 4.78 is 3.91. The van der Waals surface area contributed by atoms with Crippen molar-refractivity contribution in [2.45, 2.75) is 38.8 Å². The van der Waals surface area contributed by atoms with Crippen LogP contribution in [0.2, 0.25) is 0 Å². The van der Waals surface area contributed by atoms with Gasteiger partial charge in [0.2, 0.25) is 5.91 Å². The molecule has 3 heterocycles. The zero-order chi connectivity index (χ0) is 14.7. The van der Waals surface area contributed by atoms with Crippen LogP contribution >= 0.6 is 0 Å². The Balaban J connectivity index is 1.67. The van der Waals surface area contributed by atoms with Gasteiger partial charge < -0.3 is 9.47 Å². The predicted octanol–water partition coefficient (Wildman–Crippen LogP) is 1.51. The highest BCUT2D eigenvalue weighted by Crippen LogP contribution is 2.23. The zero-order valence-corrected chi connectivity index (χ0v) is 12.4. The fraction of sp³-hybridized carbons (Fsp3) is 0.533. The van der Waals surface area contributed by atoms with Crippen molar-refractivity contribution < 1.29 is 4.79 Å². The van der Waals surface area contributed by atoms with E-state index in [1.54, 1.807) is 10.9 Å². The van der Waals surface area contributed by atoms with Gasteiger partial charge in [-0.3, -0.25) is 9.48 Å². The molecule has 1 saturated heterocycles. The molecule has 112 valence electrons. The Labute approximate surface area is 124 Å². The molecule has 0 saturated carbocycles. The van der Waals surface area contributed by atoms with Crippen molar-refractivity contribution in [3.05, 3.63) is 36.7 Å². The second-order valence-electron chi connectivity index (χ2n) is 5.44. The molecule has 1 amide bonds. The summed E-state index contributed by atoms with van der Waals surface area (Å²) >= 11 is 0. The Bertz CT molecular complexity index is 589. The lowest BCUT2D eigenvalue weighted by Crippen LogP contribution is -2.42. The van der Waals surface area contributed by atoms with Crippen LogP contribution in [0.15, 0.2) is 30.9 Å². The minimum atomic E-state index is 0.140. The third-order valence-electron chi connectivity index (χ3n) is 4.06. The van der Waals surface area contributed by atoms with Crippen LogP contribution in [0.1, 0.15) is 31.6 Å². The van der Waals surface area contributed by atoms with E-state index in [9.17, 15) is 4.79 Å². The molecule has 6 heteroatoms. The molecule has 3 rings (SSSR count). The molecule has 0 aromatic carbocycles. The molecule has 0 aliphatic carbocycles. The van der Waals surface area contributed by atoms with Gasteiger partial charge in [0.25, 0.3) is 0 Å². The van der Waals surface area contributed by atoms with Gasteiger partial charge in [-0.05, 0) is 18.9 Å². The highest BCUT2D eigenvalue weighted by Gasteiger charge is 2.25. The smallest absolute Gasteiger partial charge is 0.244 e. The molecule has 1 fully saturated rings. The molecule has 1 atom stereocenters. The molecular formula is C15H21N5O. The fourth-order valence-corrected chi connectivity index (χ4v) is 2.99. The van der Waals surface area contributed by atoms with Crippen molar-refractivity contribution in [1.82, 2.24) is 24.2 Å². The van der Waals surface area contributed by atoms with Crippen LogP contribution in [-0.2, 0) is 17.8 Å². The lowest BCUT2D eigenvalue weighted by molar-refractivity contribution is -0.133. The molecular weight excluding hydrogens is 266 g/mol. The quantitative estimate of drug-likeness (QED) is 0.856. The molecule has 0 radical (unpaired) electrons. The number of carbonyl (C=O) groups is 1. The number of piperidine rings is 1. The van der Waals surface area contributed by atoms with Crippen molar-refractivity contribution >= 4 is 5.91 Å². The number of imidazole rings is 1. The first-order chi connectivity index (χ1) is 10.3. The summed E-state index contributed by atoms with van der Waals surface area (Å²) in [4.78, 5) is 18.7. The van der Waals surface area contributed by atoms with Crippen LogP contribution in [0, 0.1) is 0 Å². The number of rotatable bonds is 4. The first kappa shape index (κ1) is 13.9. The number of hydrogen-bond acceptors (Lipinski definition) is 3. The molecule has 1 aliphatic rings. The molecule has 2 aromatic rings. The minimum Gasteiger partial charge on any atom is -0.339 e. The van der Waals surface area contributed by atoms with E-state index in [4.69, 9.17) is 0 Å². The summed E-state index contributed by atoms with van der Waals surface area (Å²) in [6.45, 7) is 4.04. The van der Waals surface area contributed by atoms with Crippen molar-refractivity contribution in [2.24, 2.45) is 0 Å². The van der Waals surface area contributed by atoms with Gasteiger partial charge in [-0.1, -0.05) is 6.92 Å². The van der Waals surface area contributed by atoms with E-state index in [0.29, 0.717) is 12.6 Å². The van der Waals surface area contributed by atoms with E-state index in [2.05, 4.69) is 21.6 Å². The first-order valence-electron chi connectivity index (χ1n) is 7.55. The first-order valence-corrected chi connectivity index (χ1v) is 7.55. The standard InChI is InChI=1S/C15H21N5O/c1-2-14-16-7-10-20(14)13-5-3-8-18(11-13)15(21)12-19-9-4-6-17-19/h4,6-7,9-10,13H,2-3,5,8,11-12H2,1H3. The number of aromatic nitrogens is 4. The second kappa shape index (κ2) is 6.11. The van der Waals surface area contributed by atoms with Crippen LogP contribution in [-0.4, -0.2) is 43.2 Å². The third kappa shape index (κ3) is 2.99. The molecule has 21 heavy (non-hydrogen) atoms. The number of nitrogens with zero attached hydrogens (tertiary/aromatic N) is 5. The number of carbonyl (C=O) groups excluding carboxylic acids is 1. The molecule has 2 aromatic heterocycles. The van der Waals surface area contributed by atoms with Crippen LogP contribution in [0.25, 0.3) is 0 Å². The van der Waals surface area contributed by atoms with Crippen molar-refractivity contribution in [2.75, 3.05) is 13.1 Å². The Kier molecular flexibility index (Phi) is 4.03. The van der Waals surface area contributed by atoms with Gasteiger partial charge in [-0.15, -0.1) is 0 Å². The van der Waals surface area contributed by atoms with Crippen LogP contribution in [0.4, 0.5) is 0 Å². The summed E-state index contributed by atoms with van der Waals surface area (Å²) in [6.07, 6.45) is 10.5. The Morgan fingerprint density at radius 3 is 3.05 bits per heavy atom. The number of likely N-dealkylation sites (tertiary alicyclic amines) is 1. The van der Waals surface area contributed by atoms with Crippen molar-refractivity contribution in [1.29, 1.82) is 0 Å². The van der Waals surface area contributed by atoms with Crippen molar-refractivity contribution in [3.63, 3.8) is 0 Å². The highest BCUT2D eigenvalue weighted by atomic mass is 16.2. The van der Waals surface area contributed by atoms with Crippen LogP contribution in [0.5, 0.6) is 0 Å². The van der Waals surface area contributed by atoms with E-state index in [0.717, 1.165) is 38.2 Å². The average Bonchev–Trinajstić information content (AvgIpc) is 3.18. The Morgan fingerprint density at radius 2 is 2.29 bits per heavy atom. The fourth-order valence-electron chi connectivity index (χ4n) is 2.99. The van der Waals surface area contributed by atoms with Crippen molar-refractivity contribution in [3.8, 4) is 0 Å². The number of hydrogen-bond donors (Lipinski definition) is 0. The van der Waals surface area contributed by atoms with Gasteiger partial charge in [0.15, 0.2) is 0 Å². The van der Waals surface area contributed by atoms with Gasteiger partial charge in [-0.2, -0.15) is 5.10 Å². The molecule has 0 N–H and O–H groups in total. The van der Waals surface area contributed by atoms with Crippen LogP contribution in [0.3, 0.4) is 0 Å². The molecule has 1 aliphatic heterocycles. The molecule has 1 unspecified atom stereocenters. The summed E-state index contributed by atoms with van der Waals surface area (Å²) in [5.41, 5.74) is 0. The molecule has 6 nitrogen and oxygen atoms in total. The maximum atomic E-state index is 12.4. The Hall–Kier alpha value is -2.11. The molecule has 0 spiro atoms. The zero-order valence-electron chi connectivity index (χ0n) is 12.4. The monoisotopic (exact) mass is 287 g/mol. The van der Waals surface area contributed by atoms with E-state index in [1.807, 2.05) is 29.6 Å². The third-order valence-corrected chi connectivity index (χ3v) is 4.06. The Morgan fingerprint density at radius 1 is 1.38 bits per heavy atom. The predicted molar refractivity (Wildman–Crippen MR) is 78.7 cm³/mol. The summed E-state index contributed by atoms with van der Waals surface area (Å²) in [5.74, 6) is 1.24. The SMILES string of the molecule is CCc1nccn1C1CCCN(C(=O)Cn2cccn2)C1. The van der Waals surface area contributed by atoms with Gasteiger partial charge >= 0.3 is 0 Å².